The molecule has 1 aromatic heterocycles. The van der Waals surface area contributed by atoms with Crippen molar-refractivity contribution in [2.24, 2.45) is 0 Å². The molecule has 0 unspecified atom stereocenters. The summed E-state index contributed by atoms with van der Waals surface area (Å²) in [5.74, 6) is 0.381. The molecule has 5 heteroatoms. The monoisotopic (exact) mass is 342 g/mol. The molecule has 4 nitrogen and oxygen atoms in total. The van der Waals surface area contributed by atoms with Gasteiger partial charge >= 0.3 is 5.97 Å². The summed E-state index contributed by atoms with van der Waals surface area (Å²) in [7, 11) is 0. The Kier molecular flexibility index (Phi) is 4.71. The first-order chi connectivity index (χ1) is 11.5. The number of fused-ring (bicyclic) bond motifs is 1. The van der Waals surface area contributed by atoms with Crippen LogP contribution in [-0.4, -0.2) is 17.2 Å². The van der Waals surface area contributed by atoms with Gasteiger partial charge in [-0.3, -0.25) is 0 Å². The van der Waals surface area contributed by atoms with Crippen molar-refractivity contribution in [1.29, 1.82) is 0 Å². The fourth-order valence-electron chi connectivity index (χ4n) is 2.38. The summed E-state index contributed by atoms with van der Waals surface area (Å²) in [6.45, 7) is 4.32. The molecule has 1 N–H and O–H groups in total. The summed E-state index contributed by atoms with van der Waals surface area (Å²) in [5.41, 5.74) is 1.05. The number of ether oxygens (including phenoxy) is 2. The molecule has 0 amide bonds. The Hall–Kier alpha value is -2.53. The molecule has 24 heavy (non-hydrogen) atoms. The Morgan fingerprint density at radius 1 is 1.17 bits per heavy atom. The van der Waals surface area contributed by atoms with Gasteiger partial charge in [0, 0.05) is 16.2 Å². The van der Waals surface area contributed by atoms with Crippen molar-refractivity contribution in [2.45, 2.75) is 26.6 Å². The third-order valence-electron chi connectivity index (χ3n) is 3.39. The summed E-state index contributed by atoms with van der Waals surface area (Å²) in [6.07, 6.45) is 0.0309. The fraction of sp³-hybridized carbons (Fsp3) is 0.211. The molecule has 0 aliphatic carbocycles. The van der Waals surface area contributed by atoms with Crippen LogP contribution in [0.3, 0.4) is 0 Å². The molecule has 0 aliphatic heterocycles. The summed E-state index contributed by atoms with van der Waals surface area (Å²) >= 11 is 1.22. The first-order valence-corrected chi connectivity index (χ1v) is 8.49. The maximum atomic E-state index is 11.3. The second-order valence-electron chi connectivity index (χ2n) is 5.69. The molecule has 0 saturated carbocycles. The average Bonchev–Trinajstić information content (AvgIpc) is 2.97. The van der Waals surface area contributed by atoms with E-state index in [0.29, 0.717) is 18.1 Å². The van der Waals surface area contributed by atoms with Gasteiger partial charge in [-0.1, -0.05) is 30.3 Å². The zero-order chi connectivity index (χ0) is 17.1. The zero-order valence-electron chi connectivity index (χ0n) is 13.5. The van der Waals surface area contributed by atoms with Crippen molar-refractivity contribution in [3.05, 3.63) is 59.0 Å². The van der Waals surface area contributed by atoms with Crippen molar-refractivity contribution in [1.82, 2.24) is 0 Å². The van der Waals surface area contributed by atoms with E-state index >= 15 is 0 Å². The van der Waals surface area contributed by atoms with Gasteiger partial charge in [0.2, 0.25) is 0 Å². The first kappa shape index (κ1) is 16.3. The van der Waals surface area contributed by atoms with Crippen LogP contribution in [0.2, 0.25) is 0 Å². The van der Waals surface area contributed by atoms with Gasteiger partial charge in [-0.15, -0.1) is 11.3 Å². The minimum absolute atomic E-state index is 0.0309. The molecule has 1 heterocycles. The van der Waals surface area contributed by atoms with E-state index in [0.717, 1.165) is 15.6 Å². The lowest BCUT2D eigenvalue weighted by atomic mass is 10.2. The SMILES string of the molecule is CC(C)Oc1cc(OCc2ccccc2)c2cc(C(=O)O)sc2c1. The third kappa shape index (κ3) is 3.68. The van der Waals surface area contributed by atoms with Crippen LogP contribution in [0.25, 0.3) is 10.1 Å². The maximum absolute atomic E-state index is 11.3. The molecular formula is C19H18O4S. The summed E-state index contributed by atoms with van der Waals surface area (Å²) in [6, 6.07) is 15.2. The van der Waals surface area contributed by atoms with Crippen LogP contribution in [-0.2, 0) is 6.61 Å². The highest BCUT2D eigenvalue weighted by Crippen LogP contribution is 2.37. The van der Waals surface area contributed by atoms with E-state index in [9.17, 15) is 9.90 Å². The highest BCUT2D eigenvalue weighted by atomic mass is 32.1. The van der Waals surface area contributed by atoms with Crippen molar-refractivity contribution in [3.8, 4) is 11.5 Å². The van der Waals surface area contributed by atoms with E-state index in [1.54, 1.807) is 6.07 Å². The average molecular weight is 342 g/mol. The molecule has 0 bridgehead atoms. The predicted octanol–water partition coefficient (Wildman–Crippen LogP) is 4.97. The highest BCUT2D eigenvalue weighted by Gasteiger charge is 2.15. The Morgan fingerprint density at radius 2 is 1.92 bits per heavy atom. The van der Waals surface area contributed by atoms with Crippen LogP contribution in [0, 0.1) is 0 Å². The van der Waals surface area contributed by atoms with Crippen LogP contribution in [0.5, 0.6) is 11.5 Å². The lowest BCUT2D eigenvalue weighted by Gasteiger charge is -2.13. The molecule has 3 aromatic rings. The predicted molar refractivity (Wildman–Crippen MR) is 95.3 cm³/mol. The second-order valence-corrected chi connectivity index (χ2v) is 6.77. The third-order valence-corrected chi connectivity index (χ3v) is 4.46. The van der Waals surface area contributed by atoms with E-state index in [1.165, 1.54) is 11.3 Å². The first-order valence-electron chi connectivity index (χ1n) is 7.67. The van der Waals surface area contributed by atoms with Crippen LogP contribution in [0.1, 0.15) is 29.1 Å². The maximum Gasteiger partial charge on any atom is 0.345 e. The molecule has 0 aliphatic rings. The molecule has 0 saturated heterocycles. The van der Waals surface area contributed by atoms with Gasteiger partial charge in [0.15, 0.2) is 0 Å². The van der Waals surface area contributed by atoms with Gasteiger partial charge in [-0.2, -0.15) is 0 Å². The fourth-order valence-corrected chi connectivity index (χ4v) is 3.33. The van der Waals surface area contributed by atoms with Crippen LogP contribution in [0.15, 0.2) is 48.5 Å². The minimum atomic E-state index is -0.934. The van der Waals surface area contributed by atoms with Crippen molar-refractivity contribution in [2.75, 3.05) is 0 Å². The quantitative estimate of drug-likeness (QED) is 0.687. The van der Waals surface area contributed by atoms with Crippen LogP contribution < -0.4 is 9.47 Å². The molecule has 0 fully saturated rings. The van der Waals surface area contributed by atoms with E-state index < -0.39 is 5.97 Å². The van der Waals surface area contributed by atoms with Gasteiger partial charge in [-0.25, -0.2) is 4.79 Å². The standard InChI is InChI=1S/C19H18O4S/c1-12(2)23-14-8-16(22-11-13-6-4-3-5-7-13)15-10-18(19(20)21)24-17(15)9-14/h3-10,12H,11H2,1-2H3,(H,20,21). The van der Waals surface area contributed by atoms with Crippen LogP contribution >= 0.6 is 11.3 Å². The molecule has 3 rings (SSSR count). The Morgan fingerprint density at radius 3 is 2.58 bits per heavy atom. The number of carbonyl (C=O) groups is 1. The van der Waals surface area contributed by atoms with E-state index in [2.05, 4.69) is 0 Å². The van der Waals surface area contributed by atoms with Gasteiger partial charge in [0.25, 0.3) is 0 Å². The molecule has 0 atom stereocenters. The molecular weight excluding hydrogens is 324 g/mol. The number of hydrogen-bond acceptors (Lipinski definition) is 4. The topological polar surface area (TPSA) is 55.8 Å². The summed E-state index contributed by atoms with van der Waals surface area (Å²) in [4.78, 5) is 11.6. The van der Waals surface area contributed by atoms with E-state index in [-0.39, 0.29) is 11.0 Å². The van der Waals surface area contributed by atoms with Crippen molar-refractivity contribution < 1.29 is 19.4 Å². The number of rotatable bonds is 6. The largest absolute Gasteiger partial charge is 0.491 e. The molecule has 0 spiro atoms. The van der Waals surface area contributed by atoms with E-state index in [4.69, 9.17) is 9.47 Å². The lowest BCUT2D eigenvalue weighted by Crippen LogP contribution is -2.05. The number of carboxylic acids is 1. The molecule has 2 aromatic carbocycles. The van der Waals surface area contributed by atoms with Gasteiger partial charge in [0.1, 0.15) is 23.0 Å². The number of hydrogen-bond donors (Lipinski definition) is 1. The summed E-state index contributed by atoms with van der Waals surface area (Å²) < 4.78 is 12.6. The number of carboxylic acid groups (broad SMARTS) is 1. The van der Waals surface area contributed by atoms with Gasteiger partial charge in [0.05, 0.1) is 6.10 Å². The Balaban J connectivity index is 1.97. The zero-order valence-corrected chi connectivity index (χ0v) is 14.3. The van der Waals surface area contributed by atoms with Crippen molar-refractivity contribution >= 4 is 27.4 Å². The Labute approximate surface area is 144 Å². The molecule has 0 radical (unpaired) electrons. The van der Waals surface area contributed by atoms with Gasteiger partial charge < -0.3 is 14.6 Å². The number of thiophene rings is 1. The van der Waals surface area contributed by atoms with E-state index in [1.807, 2.05) is 56.3 Å². The number of benzene rings is 2. The minimum Gasteiger partial charge on any atom is -0.491 e. The smallest absolute Gasteiger partial charge is 0.345 e. The van der Waals surface area contributed by atoms with Crippen molar-refractivity contribution in [3.63, 3.8) is 0 Å². The summed E-state index contributed by atoms with van der Waals surface area (Å²) in [5, 5.41) is 10.0. The van der Waals surface area contributed by atoms with Crippen LogP contribution in [0.4, 0.5) is 0 Å². The van der Waals surface area contributed by atoms with Gasteiger partial charge in [-0.05, 0) is 31.5 Å². The number of aromatic carboxylic acids is 1. The Bertz CT molecular complexity index is 852. The molecule has 124 valence electrons. The lowest BCUT2D eigenvalue weighted by molar-refractivity contribution is 0.0702. The second kappa shape index (κ2) is 6.93. The normalized spacial score (nSPS) is 11.0. The highest BCUT2D eigenvalue weighted by molar-refractivity contribution is 7.20.